The molecule has 1 aromatic carbocycles. The second kappa shape index (κ2) is 4.92. The standard InChI is InChI=1S/C13H17F2NO/c1-13(2,3)12(16)7-11(17)9-6-8(14)4-5-10(9)15/h4-6,12H,7,16H2,1-3H3. The molecule has 4 heteroatoms. The molecule has 94 valence electrons. The Morgan fingerprint density at radius 3 is 2.47 bits per heavy atom. The van der Waals surface area contributed by atoms with Crippen LogP contribution < -0.4 is 5.73 Å². The maximum absolute atomic E-state index is 13.3. The molecule has 0 aliphatic heterocycles. The number of hydrogen-bond acceptors (Lipinski definition) is 2. The van der Waals surface area contributed by atoms with Gasteiger partial charge >= 0.3 is 0 Å². The summed E-state index contributed by atoms with van der Waals surface area (Å²) in [4.78, 5) is 11.8. The van der Waals surface area contributed by atoms with Gasteiger partial charge in [-0.2, -0.15) is 0 Å². The van der Waals surface area contributed by atoms with Crippen LogP contribution in [-0.4, -0.2) is 11.8 Å². The van der Waals surface area contributed by atoms with Crippen LogP contribution in [0, 0.1) is 17.0 Å². The van der Waals surface area contributed by atoms with E-state index in [0.29, 0.717) is 0 Å². The smallest absolute Gasteiger partial charge is 0.167 e. The van der Waals surface area contributed by atoms with E-state index in [9.17, 15) is 13.6 Å². The number of rotatable bonds is 3. The van der Waals surface area contributed by atoms with Gasteiger partial charge in [0.2, 0.25) is 0 Å². The van der Waals surface area contributed by atoms with Crippen LogP contribution in [0.5, 0.6) is 0 Å². The van der Waals surface area contributed by atoms with E-state index in [4.69, 9.17) is 5.73 Å². The van der Waals surface area contributed by atoms with Crippen LogP contribution in [0.1, 0.15) is 37.6 Å². The Labute approximate surface area is 99.8 Å². The number of benzene rings is 1. The first-order chi connectivity index (χ1) is 7.71. The molecule has 0 aromatic heterocycles. The molecule has 1 unspecified atom stereocenters. The number of ketones is 1. The van der Waals surface area contributed by atoms with E-state index in [0.717, 1.165) is 18.2 Å². The molecular weight excluding hydrogens is 224 g/mol. The minimum Gasteiger partial charge on any atom is -0.327 e. The second-order valence-electron chi connectivity index (χ2n) is 5.22. The Kier molecular flexibility index (Phi) is 3.98. The van der Waals surface area contributed by atoms with Gasteiger partial charge in [0.25, 0.3) is 0 Å². The molecule has 0 saturated carbocycles. The Morgan fingerprint density at radius 1 is 1.35 bits per heavy atom. The third-order valence-corrected chi connectivity index (χ3v) is 2.75. The average Bonchev–Trinajstić information content (AvgIpc) is 2.20. The molecule has 1 aromatic rings. The molecule has 0 amide bonds. The summed E-state index contributed by atoms with van der Waals surface area (Å²) in [7, 11) is 0. The van der Waals surface area contributed by atoms with Crippen molar-refractivity contribution in [3.63, 3.8) is 0 Å². The first kappa shape index (κ1) is 13.8. The van der Waals surface area contributed by atoms with Crippen LogP contribution >= 0.6 is 0 Å². The third kappa shape index (κ3) is 3.60. The van der Waals surface area contributed by atoms with Crippen molar-refractivity contribution in [2.45, 2.75) is 33.2 Å². The van der Waals surface area contributed by atoms with Crippen LogP contribution in [0.25, 0.3) is 0 Å². The molecule has 2 N–H and O–H groups in total. The highest BCUT2D eigenvalue weighted by Gasteiger charge is 2.25. The number of hydrogen-bond donors (Lipinski definition) is 1. The molecule has 0 fully saturated rings. The fraction of sp³-hybridized carbons (Fsp3) is 0.462. The van der Waals surface area contributed by atoms with Crippen molar-refractivity contribution in [1.82, 2.24) is 0 Å². The molecule has 1 atom stereocenters. The fourth-order valence-corrected chi connectivity index (χ4v) is 1.33. The zero-order valence-corrected chi connectivity index (χ0v) is 10.3. The number of Topliss-reactive ketones (excluding diaryl/α,β-unsaturated/α-hetero) is 1. The third-order valence-electron chi connectivity index (χ3n) is 2.75. The van der Waals surface area contributed by atoms with Gasteiger partial charge in [0.05, 0.1) is 5.56 Å². The van der Waals surface area contributed by atoms with Crippen LogP contribution in [0.15, 0.2) is 18.2 Å². The lowest BCUT2D eigenvalue weighted by atomic mass is 9.83. The van der Waals surface area contributed by atoms with Gasteiger partial charge in [-0.05, 0) is 23.6 Å². The largest absolute Gasteiger partial charge is 0.327 e. The Hall–Kier alpha value is -1.29. The van der Waals surface area contributed by atoms with Gasteiger partial charge in [-0.3, -0.25) is 4.79 Å². The van der Waals surface area contributed by atoms with Gasteiger partial charge < -0.3 is 5.73 Å². The predicted molar refractivity (Wildman–Crippen MR) is 62.7 cm³/mol. The van der Waals surface area contributed by atoms with Crippen molar-refractivity contribution < 1.29 is 13.6 Å². The highest BCUT2D eigenvalue weighted by molar-refractivity contribution is 5.96. The highest BCUT2D eigenvalue weighted by Crippen LogP contribution is 2.22. The summed E-state index contributed by atoms with van der Waals surface area (Å²) in [5.74, 6) is -1.80. The van der Waals surface area contributed by atoms with Crippen LogP contribution in [0.3, 0.4) is 0 Å². The highest BCUT2D eigenvalue weighted by atomic mass is 19.1. The summed E-state index contributed by atoms with van der Waals surface area (Å²) >= 11 is 0. The SMILES string of the molecule is CC(C)(C)C(N)CC(=O)c1cc(F)ccc1F. The lowest BCUT2D eigenvalue weighted by Crippen LogP contribution is -2.37. The van der Waals surface area contributed by atoms with E-state index in [2.05, 4.69) is 0 Å². The minimum absolute atomic E-state index is 0.00384. The van der Waals surface area contributed by atoms with Gasteiger partial charge in [0, 0.05) is 12.5 Å². The van der Waals surface area contributed by atoms with Crippen molar-refractivity contribution in [3.8, 4) is 0 Å². The molecule has 1 rings (SSSR count). The van der Waals surface area contributed by atoms with Gasteiger partial charge in [-0.1, -0.05) is 20.8 Å². The van der Waals surface area contributed by atoms with Gasteiger partial charge in [0.1, 0.15) is 11.6 Å². The monoisotopic (exact) mass is 241 g/mol. The molecule has 0 aliphatic rings. The van der Waals surface area contributed by atoms with Crippen LogP contribution in [-0.2, 0) is 0 Å². The molecule has 2 nitrogen and oxygen atoms in total. The van der Waals surface area contributed by atoms with Crippen molar-refractivity contribution in [2.75, 3.05) is 0 Å². The van der Waals surface area contributed by atoms with Gasteiger partial charge in [-0.25, -0.2) is 8.78 Å². The number of halogens is 2. The molecule has 0 heterocycles. The molecule has 17 heavy (non-hydrogen) atoms. The Morgan fingerprint density at radius 2 is 1.94 bits per heavy atom. The summed E-state index contributed by atoms with van der Waals surface area (Å²) in [5, 5.41) is 0. The quantitative estimate of drug-likeness (QED) is 0.827. The Balaban J connectivity index is 2.87. The van der Waals surface area contributed by atoms with Crippen molar-refractivity contribution >= 4 is 5.78 Å². The zero-order chi connectivity index (χ0) is 13.2. The van der Waals surface area contributed by atoms with E-state index in [1.165, 1.54) is 0 Å². The topological polar surface area (TPSA) is 43.1 Å². The summed E-state index contributed by atoms with van der Waals surface area (Å²) in [6.07, 6.45) is 0.00384. The molecule has 0 bridgehead atoms. The van der Waals surface area contributed by atoms with Crippen molar-refractivity contribution in [3.05, 3.63) is 35.4 Å². The van der Waals surface area contributed by atoms with E-state index >= 15 is 0 Å². The molecule has 0 aliphatic carbocycles. The zero-order valence-electron chi connectivity index (χ0n) is 10.3. The van der Waals surface area contributed by atoms with E-state index in [1.54, 1.807) is 0 Å². The molecule has 0 saturated heterocycles. The first-order valence-corrected chi connectivity index (χ1v) is 5.45. The molecule has 0 radical (unpaired) electrons. The Bertz CT molecular complexity index is 424. The summed E-state index contributed by atoms with van der Waals surface area (Å²) in [6.45, 7) is 5.69. The normalized spacial score (nSPS) is 13.5. The maximum Gasteiger partial charge on any atom is 0.167 e. The molecule has 0 spiro atoms. The number of carbonyl (C=O) groups excluding carboxylic acids is 1. The lowest BCUT2D eigenvalue weighted by molar-refractivity contribution is 0.0949. The number of carbonyl (C=O) groups is 1. The lowest BCUT2D eigenvalue weighted by Gasteiger charge is -2.26. The van der Waals surface area contributed by atoms with Crippen molar-refractivity contribution in [2.24, 2.45) is 11.1 Å². The van der Waals surface area contributed by atoms with Gasteiger partial charge in [-0.15, -0.1) is 0 Å². The first-order valence-electron chi connectivity index (χ1n) is 5.45. The number of nitrogens with two attached hydrogens (primary N) is 1. The van der Waals surface area contributed by atoms with E-state index in [1.807, 2.05) is 20.8 Å². The fourth-order valence-electron chi connectivity index (χ4n) is 1.33. The predicted octanol–water partition coefficient (Wildman–Crippen LogP) is 2.91. The van der Waals surface area contributed by atoms with Crippen molar-refractivity contribution in [1.29, 1.82) is 0 Å². The summed E-state index contributed by atoms with van der Waals surface area (Å²) in [5.41, 5.74) is 5.36. The second-order valence-corrected chi connectivity index (χ2v) is 5.22. The van der Waals surface area contributed by atoms with E-state index in [-0.39, 0.29) is 17.4 Å². The maximum atomic E-state index is 13.3. The minimum atomic E-state index is -0.711. The van der Waals surface area contributed by atoms with Gasteiger partial charge in [0.15, 0.2) is 5.78 Å². The average molecular weight is 241 g/mol. The van der Waals surface area contributed by atoms with Crippen LogP contribution in [0.2, 0.25) is 0 Å². The molecular formula is C13H17F2NO. The van der Waals surface area contributed by atoms with E-state index < -0.39 is 23.5 Å². The summed E-state index contributed by atoms with van der Waals surface area (Å²) < 4.78 is 26.3. The summed E-state index contributed by atoms with van der Waals surface area (Å²) in [6, 6.07) is 2.45. The van der Waals surface area contributed by atoms with Crippen LogP contribution in [0.4, 0.5) is 8.78 Å².